The summed E-state index contributed by atoms with van der Waals surface area (Å²) in [7, 11) is -10.4. The third-order valence-electron chi connectivity index (χ3n) is 11.0. The zero-order valence-electron chi connectivity index (χ0n) is 34.6. The standard InChI is InChI=1S/C35H69N4O7PSi3/c1-24(2)43-47(40,44-25(3)4)21-26-28-31(37-22-36-26)39(23-38-28)32-30(46-50(18,19)35(11,12)13)29(45-49(16,17)34(8,9)10)27(42-32)20-41-48(14,15)33(5,6)7/h22-25,27,29-30,32H,20-21H2,1-19H3/t27-,29-,30-,32-/m1/s1. The van der Waals surface area contributed by atoms with Crippen molar-refractivity contribution in [3.8, 4) is 0 Å². The van der Waals surface area contributed by atoms with E-state index < -0.39 is 57.1 Å². The van der Waals surface area contributed by atoms with Gasteiger partial charge in [0.05, 0.1) is 37.0 Å². The van der Waals surface area contributed by atoms with E-state index in [4.69, 9.17) is 37.0 Å². The molecule has 1 aliphatic heterocycles. The molecule has 1 fully saturated rings. The molecule has 0 aliphatic carbocycles. The molecule has 0 spiro atoms. The summed E-state index contributed by atoms with van der Waals surface area (Å²) in [5.41, 5.74) is 1.57. The van der Waals surface area contributed by atoms with Gasteiger partial charge in [0.25, 0.3) is 0 Å². The summed E-state index contributed by atoms with van der Waals surface area (Å²) in [4.78, 5) is 14.0. The molecular formula is C35H69N4O7PSi3. The van der Waals surface area contributed by atoms with E-state index in [1.54, 1.807) is 6.33 Å². The van der Waals surface area contributed by atoms with Crippen LogP contribution in [-0.2, 0) is 37.8 Å². The molecule has 0 bridgehead atoms. The molecule has 0 aromatic carbocycles. The van der Waals surface area contributed by atoms with Crippen molar-refractivity contribution in [3.05, 3.63) is 18.3 Å². The maximum atomic E-state index is 13.9. The zero-order valence-corrected chi connectivity index (χ0v) is 38.5. The van der Waals surface area contributed by atoms with Gasteiger partial charge in [0.1, 0.15) is 30.2 Å². The molecule has 0 unspecified atom stereocenters. The highest BCUT2D eigenvalue weighted by atomic mass is 31.2. The molecule has 1 aliphatic rings. The number of nitrogens with zero attached hydrogens (tertiary/aromatic N) is 4. The molecule has 0 radical (unpaired) electrons. The highest BCUT2D eigenvalue weighted by Gasteiger charge is 2.55. The van der Waals surface area contributed by atoms with Crippen molar-refractivity contribution < 1.29 is 31.6 Å². The van der Waals surface area contributed by atoms with Crippen molar-refractivity contribution in [2.24, 2.45) is 0 Å². The second kappa shape index (κ2) is 15.1. The van der Waals surface area contributed by atoms with Crippen LogP contribution < -0.4 is 0 Å². The van der Waals surface area contributed by atoms with Gasteiger partial charge in [0.15, 0.2) is 36.8 Å². The fraction of sp³-hybridized carbons (Fsp3) is 0.857. The third kappa shape index (κ3) is 10.0. The lowest BCUT2D eigenvalue weighted by Gasteiger charge is -2.44. The Morgan fingerprint density at radius 2 is 1.24 bits per heavy atom. The van der Waals surface area contributed by atoms with Crippen molar-refractivity contribution >= 4 is 43.7 Å². The highest BCUT2D eigenvalue weighted by Crippen LogP contribution is 2.54. The van der Waals surface area contributed by atoms with E-state index in [1.807, 2.05) is 32.3 Å². The fourth-order valence-electron chi connectivity index (χ4n) is 5.00. The maximum absolute atomic E-state index is 13.9. The fourth-order valence-corrected chi connectivity index (χ4v) is 10.7. The van der Waals surface area contributed by atoms with Gasteiger partial charge in [-0.25, -0.2) is 15.0 Å². The molecule has 3 rings (SSSR count). The van der Waals surface area contributed by atoms with Crippen molar-refractivity contribution in [1.29, 1.82) is 0 Å². The van der Waals surface area contributed by atoms with E-state index in [1.165, 1.54) is 6.33 Å². The highest BCUT2D eigenvalue weighted by molar-refractivity contribution is 7.53. The molecule has 0 saturated carbocycles. The summed E-state index contributed by atoms with van der Waals surface area (Å²) >= 11 is 0. The number of aromatic nitrogens is 4. The maximum Gasteiger partial charge on any atom is 0.337 e. The van der Waals surface area contributed by atoms with Crippen LogP contribution in [0.2, 0.25) is 54.4 Å². The van der Waals surface area contributed by atoms with E-state index in [2.05, 4.69) is 107 Å². The Hall–Kier alpha value is -0.809. The lowest BCUT2D eigenvalue weighted by molar-refractivity contribution is -0.0470. The smallest absolute Gasteiger partial charge is 0.337 e. The van der Waals surface area contributed by atoms with E-state index >= 15 is 0 Å². The minimum Gasteiger partial charge on any atom is -0.414 e. The van der Waals surface area contributed by atoms with Gasteiger partial charge in [-0.1, -0.05) is 62.3 Å². The van der Waals surface area contributed by atoms with Crippen LogP contribution in [-0.4, -0.2) is 81.6 Å². The molecule has 4 atom stereocenters. The Bertz CT molecular complexity index is 1480. The number of hydrogen-bond acceptors (Lipinski definition) is 10. The first-order valence-electron chi connectivity index (χ1n) is 18.2. The summed E-state index contributed by atoms with van der Waals surface area (Å²) in [5.74, 6) is 0. The Morgan fingerprint density at radius 1 is 0.760 bits per heavy atom. The molecule has 2 aromatic heterocycles. The Kier molecular flexibility index (Phi) is 13.2. The molecule has 288 valence electrons. The van der Waals surface area contributed by atoms with Gasteiger partial charge in [-0.05, 0) is 82.1 Å². The molecule has 50 heavy (non-hydrogen) atoms. The SMILES string of the molecule is CC(C)OP(=O)(Cc1ncnc2c1ncn2[C@@H]1O[C@H](CO[Si](C)(C)C(C)(C)C)[C@@H](O[Si](C)(C)C(C)(C)C)[C@H]1O[Si](C)(C)C(C)(C)C)OC(C)C. The van der Waals surface area contributed by atoms with Gasteiger partial charge < -0.3 is 27.1 Å². The molecule has 11 nitrogen and oxygen atoms in total. The first-order valence-corrected chi connectivity index (χ1v) is 28.6. The first kappa shape index (κ1) is 43.6. The van der Waals surface area contributed by atoms with E-state index in [9.17, 15) is 4.57 Å². The lowest BCUT2D eigenvalue weighted by atomic mass is 10.1. The van der Waals surface area contributed by atoms with Crippen LogP contribution in [0.1, 0.15) is 102 Å². The Balaban J connectivity index is 2.20. The molecule has 1 saturated heterocycles. The molecular weight excluding hydrogens is 704 g/mol. The van der Waals surface area contributed by atoms with Gasteiger partial charge in [0.2, 0.25) is 0 Å². The van der Waals surface area contributed by atoms with Gasteiger partial charge >= 0.3 is 7.60 Å². The van der Waals surface area contributed by atoms with Crippen LogP contribution in [0.3, 0.4) is 0 Å². The minimum absolute atomic E-state index is 0.0315. The Morgan fingerprint density at radius 3 is 1.70 bits per heavy atom. The number of imidazole rings is 1. The van der Waals surface area contributed by atoms with E-state index in [-0.39, 0.29) is 33.5 Å². The van der Waals surface area contributed by atoms with Gasteiger partial charge in [-0.15, -0.1) is 0 Å². The third-order valence-corrected chi connectivity index (χ3v) is 26.6. The first-order chi connectivity index (χ1) is 22.4. The number of rotatable bonds is 14. The number of hydrogen-bond donors (Lipinski definition) is 0. The van der Waals surface area contributed by atoms with Crippen LogP contribution in [0.5, 0.6) is 0 Å². The van der Waals surface area contributed by atoms with Gasteiger partial charge in [-0.2, -0.15) is 0 Å². The van der Waals surface area contributed by atoms with Gasteiger partial charge in [0, 0.05) is 0 Å². The summed E-state index contributed by atoms with van der Waals surface area (Å²) in [6, 6.07) is 0. The second-order valence-electron chi connectivity index (χ2n) is 19.0. The van der Waals surface area contributed by atoms with Crippen LogP contribution in [0.25, 0.3) is 11.2 Å². The average molecular weight is 773 g/mol. The molecule has 3 heterocycles. The summed E-state index contributed by atoms with van der Waals surface area (Å²) in [6.45, 7) is 41.6. The molecule has 0 amide bonds. The van der Waals surface area contributed by atoms with Crippen LogP contribution >= 0.6 is 7.60 Å². The quantitative estimate of drug-likeness (QED) is 0.136. The van der Waals surface area contributed by atoms with E-state index in [0.717, 1.165) is 0 Å². The summed E-state index contributed by atoms with van der Waals surface area (Å²) in [6.07, 6.45) is 0.733. The van der Waals surface area contributed by atoms with Crippen LogP contribution in [0.4, 0.5) is 0 Å². The lowest BCUT2D eigenvalue weighted by Crippen LogP contribution is -2.54. The number of ether oxygens (including phenoxy) is 1. The number of fused-ring (bicyclic) bond motifs is 1. The zero-order chi connectivity index (χ0) is 38.5. The van der Waals surface area contributed by atoms with E-state index in [0.29, 0.717) is 23.5 Å². The average Bonchev–Trinajstić information content (AvgIpc) is 3.46. The molecule has 2 aromatic rings. The van der Waals surface area contributed by atoms with Crippen molar-refractivity contribution in [1.82, 2.24) is 19.5 Å². The molecule has 0 N–H and O–H groups in total. The monoisotopic (exact) mass is 772 g/mol. The predicted molar refractivity (Wildman–Crippen MR) is 210 cm³/mol. The van der Waals surface area contributed by atoms with Crippen molar-refractivity contribution in [3.63, 3.8) is 0 Å². The Labute approximate surface area is 306 Å². The predicted octanol–water partition coefficient (Wildman–Crippen LogP) is 10.1. The second-order valence-corrected chi connectivity index (χ2v) is 35.3. The summed E-state index contributed by atoms with van der Waals surface area (Å²) < 4.78 is 56.2. The largest absolute Gasteiger partial charge is 0.414 e. The normalized spacial score (nSPS) is 22.0. The topological polar surface area (TPSA) is 116 Å². The van der Waals surface area contributed by atoms with Crippen molar-refractivity contribution in [2.45, 2.75) is 187 Å². The van der Waals surface area contributed by atoms with Gasteiger partial charge in [-0.3, -0.25) is 9.13 Å². The molecule has 15 heteroatoms. The minimum atomic E-state index is -3.55. The van der Waals surface area contributed by atoms with Crippen molar-refractivity contribution in [2.75, 3.05) is 6.61 Å². The summed E-state index contributed by atoms with van der Waals surface area (Å²) in [5, 5.41) is -0.0653. The van der Waals surface area contributed by atoms with Crippen LogP contribution in [0, 0.1) is 0 Å². The van der Waals surface area contributed by atoms with Crippen LogP contribution in [0.15, 0.2) is 12.7 Å².